The number of anilines is 1. The minimum absolute atomic E-state index is 0.120. The van der Waals surface area contributed by atoms with Gasteiger partial charge in [0, 0.05) is 34.7 Å². The third-order valence-electron chi connectivity index (χ3n) is 4.85. The van der Waals surface area contributed by atoms with E-state index < -0.39 is 11.9 Å². The summed E-state index contributed by atoms with van der Waals surface area (Å²) in [5.41, 5.74) is 1.91. The summed E-state index contributed by atoms with van der Waals surface area (Å²) in [4.78, 5) is 37.0. The van der Waals surface area contributed by atoms with Gasteiger partial charge in [-0.15, -0.1) is 0 Å². The van der Waals surface area contributed by atoms with Crippen LogP contribution in [0.3, 0.4) is 0 Å². The monoisotopic (exact) mass is 454 g/mol. The third kappa shape index (κ3) is 4.17. The highest BCUT2D eigenvalue weighted by atomic mass is 79.9. The Kier molecular flexibility index (Phi) is 5.35. The molecule has 4 rings (SSSR count). The van der Waals surface area contributed by atoms with Crippen LogP contribution in [0, 0.1) is 0 Å². The van der Waals surface area contributed by atoms with Crippen LogP contribution < -0.4 is 16.0 Å². The Bertz CT molecular complexity index is 1110. The zero-order valence-corrected chi connectivity index (χ0v) is 17.0. The fraction of sp³-hybridized carbons (Fsp3) is 0.190. The van der Waals surface area contributed by atoms with Gasteiger partial charge < -0.3 is 20.5 Å². The van der Waals surface area contributed by atoms with E-state index >= 15 is 0 Å². The predicted octanol–water partition coefficient (Wildman–Crippen LogP) is 2.66. The molecule has 2 aromatic carbocycles. The smallest absolute Gasteiger partial charge is 0.254 e. The first-order chi connectivity index (χ1) is 14.0. The van der Waals surface area contributed by atoms with Gasteiger partial charge in [0.1, 0.15) is 6.04 Å². The molecule has 148 valence electrons. The molecule has 1 aromatic heterocycles. The standard InChI is InChI=1S/C21H19BrN4O3/c22-14-5-6-18-13(11-14)7-9-26(18)10-8-23-19(27)12-17-21(29)24-16-4-2-1-3-15(16)20(28)25-17/h1-7,9,11,17H,8,10,12H2,(H,23,27)(H,24,29)(H,25,28)/t17-/m0/s1. The van der Waals surface area contributed by atoms with Gasteiger partial charge in [0.25, 0.3) is 5.91 Å². The zero-order chi connectivity index (χ0) is 20.4. The van der Waals surface area contributed by atoms with E-state index in [0.717, 1.165) is 15.4 Å². The zero-order valence-electron chi connectivity index (χ0n) is 15.4. The van der Waals surface area contributed by atoms with Crippen molar-refractivity contribution in [3.63, 3.8) is 0 Å². The number of amides is 3. The molecule has 3 N–H and O–H groups in total. The lowest BCUT2D eigenvalue weighted by molar-refractivity contribution is -0.125. The molecule has 2 heterocycles. The Labute approximate surface area is 175 Å². The second kappa shape index (κ2) is 8.08. The summed E-state index contributed by atoms with van der Waals surface area (Å²) in [5.74, 6) is -1.07. The van der Waals surface area contributed by atoms with Crippen LogP contribution >= 0.6 is 15.9 Å². The molecule has 0 saturated heterocycles. The minimum atomic E-state index is -0.917. The van der Waals surface area contributed by atoms with Gasteiger partial charge in [-0.05, 0) is 36.4 Å². The molecule has 8 heteroatoms. The molecule has 29 heavy (non-hydrogen) atoms. The van der Waals surface area contributed by atoms with Crippen molar-refractivity contribution in [3.05, 3.63) is 64.8 Å². The Hall–Kier alpha value is -3.13. The van der Waals surface area contributed by atoms with Gasteiger partial charge >= 0.3 is 0 Å². The lowest BCUT2D eigenvalue weighted by Gasteiger charge is -2.14. The van der Waals surface area contributed by atoms with Crippen molar-refractivity contribution in [2.45, 2.75) is 19.0 Å². The van der Waals surface area contributed by atoms with Crippen molar-refractivity contribution in [1.82, 2.24) is 15.2 Å². The molecule has 1 atom stereocenters. The minimum Gasteiger partial charge on any atom is -0.354 e. The fourth-order valence-electron chi connectivity index (χ4n) is 3.39. The summed E-state index contributed by atoms with van der Waals surface area (Å²) in [7, 11) is 0. The molecule has 7 nitrogen and oxygen atoms in total. The second-order valence-corrected chi connectivity index (χ2v) is 7.74. The molecule has 0 bridgehead atoms. The largest absolute Gasteiger partial charge is 0.354 e. The van der Waals surface area contributed by atoms with Crippen LogP contribution in [0.25, 0.3) is 10.9 Å². The van der Waals surface area contributed by atoms with Crippen molar-refractivity contribution in [2.75, 3.05) is 11.9 Å². The average molecular weight is 455 g/mol. The number of benzene rings is 2. The first kappa shape index (κ1) is 19.2. The van der Waals surface area contributed by atoms with Gasteiger partial charge in [0.05, 0.1) is 17.7 Å². The molecule has 0 unspecified atom stereocenters. The van der Waals surface area contributed by atoms with Crippen LogP contribution in [-0.2, 0) is 16.1 Å². The molecule has 0 aliphatic carbocycles. The average Bonchev–Trinajstić information content (AvgIpc) is 3.04. The predicted molar refractivity (Wildman–Crippen MR) is 114 cm³/mol. The number of fused-ring (bicyclic) bond motifs is 2. The highest BCUT2D eigenvalue weighted by Gasteiger charge is 2.29. The maximum atomic E-state index is 12.4. The number of para-hydroxylation sites is 1. The first-order valence-electron chi connectivity index (χ1n) is 9.23. The Morgan fingerprint density at radius 1 is 1.14 bits per heavy atom. The van der Waals surface area contributed by atoms with Crippen molar-refractivity contribution in [2.24, 2.45) is 0 Å². The van der Waals surface area contributed by atoms with Gasteiger partial charge in [-0.2, -0.15) is 0 Å². The number of nitrogens with zero attached hydrogens (tertiary/aromatic N) is 1. The Morgan fingerprint density at radius 3 is 2.83 bits per heavy atom. The SMILES string of the molecule is O=C(C[C@@H]1NC(=O)c2ccccc2NC1=O)NCCn1ccc2cc(Br)ccc21. The number of rotatable bonds is 5. The molecular formula is C21H19BrN4O3. The molecule has 1 aliphatic rings. The highest BCUT2D eigenvalue weighted by Crippen LogP contribution is 2.21. The van der Waals surface area contributed by atoms with Crippen molar-refractivity contribution in [1.29, 1.82) is 0 Å². The summed E-state index contributed by atoms with van der Waals surface area (Å²) in [5, 5.41) is 9.26. The normalized spacial score (nSPS) is 16.0. The number of halogens is 1. The lowest BCUT2D eigenvalue weighted by atomic mass is 10.1. The molecule has 1 aliphatic heterocycles. The number of nitrogens with one attached hydrogen (secondary N) is 3. The summed E-state index contributed by atoms with van der Waals surface area (Å²) in [6.45, 7) is 1.02. The number of aromatic nitrogens is 1. The molecule has 0 spiro atoms. The Morgan fingerprint density at radius 2 is 1.97 bits per heavy atom. The van der Waals surface area contributed by atoms with E-state index in [9.17, 15) is 14.4 Å². The molecule has 0 saturated carbocycles. The summed E-state index contributed by atoms with van der Waals surface area (Å²) in [6.07, 6.45) is 1.85. The first-order valence-corrected chi connectivity index (χ1v) is 10.0. The van der Waals surface area contributed by atoms with Gasteiger partial charge in [-0.3, -0.25) is 14.4 Å². The number of carbonyl (C=O) groups is 3. The summed E-state index contributed by atoms with van der Waals surface area (Å²) >= 11 is 3.46. The topological polar surface area (TPSA) is 92.2 Å². The van der Waals surface area contributed by atoms with Crippen LogP contribution in [0.15, 0.2) is 59.2 Å². The van der Waals surface area contributed by atoms with Gasteiger partial charge in [-0.1, -0.05) is 28.1 Å². The maximum absolute atomic E-state index is 12.4. The van der Waals surface area contributed by atoms with E-state index in [-0.39, 0.29) is 18.2 Å². The summed E-state index contributed by atoms with van der Waals surface area (Å²) < 4.78 is 3.07. The quantitative estimate of drug-likeness (QED) is 0.553. The van der Waals surface area contributed by atoms with Crippen molar-refractivity contribution >= 4 is 50.2 Å². The van der Waals surface area contributed by atoms with Gasteiger partial charge in [-0.25, -0.2) is 0 Å². The second-order valence-electron chi connectivity index (χ2n) is 6.83. The van der Waals surface area contributed by atoms with Crippen LogP contribution in [0.1, 0.15) is 16.8 Å². The fourth-order valence-corrected chi connectivity index (χ4v) is 3.77. The Balaban J connectivity index is 1.34. The number of hydrogen-bond donors (Lipinski definition) is 3. The van der Waals surface area contributed by atoms with Crippen LogP contribution in [0.2, 0.25) is 0 Å². The van der Waals surface area contributed by atoms with Crippen molar-refractivity contribution < 1.29 is 14.4 Å². The molecule has 0 fully saturated rings. The van der Waals surface area contributed by atoms with Crippen LogP contribution in [0.4, 0.5) is 5.69 Å². The van der Waals surface area contributed by atoms with E-state index in [1.54, 1.807) is 24.3 Å². The van der Waals surface area contributed by atoms with Gasteiger partial charge in [0.2, 0.25) is 11.8 Å². The third-order valence-corrected chi connectivity index (χ3v) is 5.34. The maximum Gasteiger partial charge on any atom is 0.254 e. The van der Waals surface area contributed by atoms with E-state index in [1.165, 1.54) is 0 Å². The van der Waals surface area contributed by atoms with Crippen molar-refractivity contribution in [3.8, 4) is 0 Å². The lowest BCUT2D eigenvalue weighted by Crippen LogP contribution is -2.44. The van der Waals surface area contributed by atoms with E-state index in [4.69, 9.17) is 0 Å². The molecule has 3 aromatic rings. The summed E-state index contributed by atoms with van der Waals surface area (Å²) in [6, 6.07) is 13.9. The number of carbonyl (C=O) groups excluding carboxylic acids is 3. The number of hydrogen-bond acceptors (Lipinski definition) is 3. The van der Waals surface area contributed by atoms with Crippen LogP contribution in [-0.4, -0.2) is 34.9 Å². The molecule has 3 amide bonds. The van der Waals surface area contributed by atoms with Gasteiger partial charge in [0.15, 0.2) is 0 Å². The highest BCUT2D eigenvalue weighted by molar-refractivity contribution is 9.10. The van der Waals surface area contributed by atoms with E-state index in [0.29, 0.717) is 24.3 Å². The van der Waals surface area contributed by atoms with E-state index in [1.807, 2.05) is 30.5 Å². The van der Waals surface area contributed by atoms with Crippen LogP contribution in [0.5, 0.6) is 0 Å². The molecule has 0 radical (unpaired) electrons. The van der Waals surface area contributed by atoms with E-state index in [2.05, 4.69) is 36.4 Å². The molecular weight excluding hydrogens is 436 g/mol.